The molecular weight excluding hydrogens is 332 g/mol. The van der Waals surface area contributed by atoms with Crippen molar-refractivity contribution in [2.75, 3.05) is 6.54 Å². The summed E-state index contributed by atoms with van der Waals surface area (Å²) in [7, 11) is 0. The Morgan fingerprint density at radius 2 is 2.08 bits per heavy atom. The fourth-order valence-electron chi connectivity index (χ4n) is 3.21. The zero-order valence-electron chi connectivity index (χ0n) is 14.3. The van der Waals surface area contributed by atoms with E-state index in [0.717, 1.165) is 30.2 Å². The maximum Gasteiger partial charge on any atom is 0.267 e. The number of aromatic amines is 2. The van der Waals surface area contributed by atoms with Crippen LogP contribution in [0.25, 0.3) is 0 Å². The van der Waals surface area contributed by atoms with Crippen LogP contribution >= 0.6 is 0 Å². The molecule has 7 heteroatoms. The summed E-state index contributed by atoms with van der Waals surface area (Å²) in [5.41, 5.74) is 2.28. The van der Waals surface area contributed by atoms with E-state index >= 15 is 0 Å². The standard InChI is InChI=1S/C19H20N4O3/c24-18(10-14-11-20-22-19(14)25)23-9-8-16-15(12-23)21-17(26-16)7-6-13-4-2-1-3-5-13/h1-5,11H,6-10,12H2,(H2,20,22,25). The van der Waals surface area contributed by atoms with E-state index in [0.29, 0.717) is 25.1 Å². The van der Waals surface area contributed by atoms with Gasteiger partial charge in [0.15, 0.2) is 5.89 Å². The highest BCUT2D eigenvalue weighted by molar-refractivity contribution is 5.78. The Kier molecular flexibility index (Phi) is 4.43. The van der Waals surface area contributed by atoms with Crippen LogP contribution in [0, 0.1) is 0 Å². The number of carbonyl (C=O) groups is 1. The van der Waals surface area contributed by atoms with E-state index < -0.39 is 0 Å². The van der Waals surface area contributed by atoms with Gasteiger partial charge >= 0.3 is 0 Å². The largest absolute Gasteiger partial charge is 0.445 e. The minimum absolute atomic E-state index is 0.0745. The topological polar surface area (TPSA) is 95.0 Å². The molecule has 0 saturated carbocycles. The van der Waals surface area contributed by atoms with E-state index in [4.69, 9.17) is 4.42 Å². The molecule has 0 saturated heterocycles. The summed E-state index contributed by atoms with van der Waals surface area (Å²) in [5.74, 6) is 1.52. The Labute approximate surface area is 150 Å². The molecule has 3 heterocycles. The molecular formula is C19H20N4O3. The summed E-state index contributed by atoms with van der Waals surface area (Å²) in [5, 5.41) is 5.06. The van der Waals surface area contributed by atoms with Gasteiger partial charge in [-0.25, -0.2) is 4.98 Å². The molecule has 0 fully saturated rings. The van der Waals surface area contributed by atoms with Crippen LogP contribution in [0.2, 0.25) is 0 Å². The minimum Gasteiger partial charge on any atom is -0.445 e. The summed E-state index contributed by atoms with van der Waals surface area (Å²) in [6, 6.07) is 10.2. The molecule has 3 aromatic rings. The maximum absolute atomic E-state index is 12.4. The zero-order chi connectivity index (χ0) is 17.9. The van der Waals surface area contributed by atoms with Crippen molar-refractivity contribution in [1.29, 1.82) is 0 Å². The Morgan fingerprint density at radius 3 is 2.85 bits per heavy atom. The normalized spacial score (nSPS) is 13.6. The molecule has 0 atom stereocenters. The molecule has 0 unspecified atom stereocenters. The summed E-state index contributed by atoms with van der Waals surface area (Å²) in [6.07, 6.45) is 3.89. The Morgan fingerprint density at radius 1 is 1.23 bits per heavy atom. The summed E-state index contributed by atoms with van der Waals surface area (Å²) >= 11 is 0. The zero-order valence-corrected chi connectivity index (χ0v) is 14.3. The molecule has 0 radical (unpaired) electrons. The third-order valence-corrected chi connectivity index (χ3v) is 4.66. The van der Waals surface area contributed by atoms with E-state index in [2.05, 4.69) is 27.3 Å². The number of nitrogens with zero attached hydrogens (tertiary/aromatic N) is 2. The number of rotatable bonds is 5. The Balaban J connectivity index is 1.39. The smallest absolute Gasteiger partial charge is 0.267 e. The van der Waals surface area contributed by atoms with E-state index in [1.165, 1.54) is 11.8 Å². The molecule has 2 aromatic heterocycles. The van der Waals surface area contributed by atoms with Crippen LogP contribution in [0.3, 0.4) is 0 Å². The van der Waals surface area contributed by atoms with Gasteiger partial charge in [0.1, 0.15) is 11.5 Å². The van der Waals surface area contributed by atoms with Crippen molar-refractivity contribution < 1.29 is 9.21 Å². The third kappa shape index (κ3) is 3.46. The SMILES string of the molecule is O=C(Cc1c[nH][nH]c1=O)N1CCc2oc(CCc3ccccc3)nc2C1. The highest BCUT2D eigenvalue weighted by atomic mass is 16.4. The van der Waals surface area contributed by atoms with Gasteiger partial charge in [-0.2, -0.15) is 0 Å². The predicted molar refractivity (Wildman–Crippen MR) is 94.6 cm³/mol. The number of fused-ring (bicyclic) bond motifs is 1. The second-order valence-electron chi connectivity index (χ2n) is 6.47. The number of nitrogens with one attached hydrogen (secondary N) is 2. The number of carbonyl (C=O) groups excluding carboxylic acids is 1. The van der Waals surface area contributed by atoms with Gasteiger partial charge in [0.2, 0.25) is 5.91 Å². The van der Waals surface area contributed by atoms with Crippen molar-refractivity contribution in [1.82, 2.24) is 20.1 Å². The molecule has 1 aliphatic heterocycles. The average Bonchev–Trinajstić information content (AvgIpc) is 3.26. The van der Waals surface area contributed by atoms with Crippen LogP contribution in [0.4, 0.5) is 0 Å². The van der Waals surface area contributed by atoms with Crippen LogP contribution in [-0.2, 0) is 37.0 Å². The quantitative estimate of drug-likeness (QED) is 0.729. The average molecular weight is 352 g/mol. The monoisotopic (exact) mass is 352 g/mol. The van der Waals surface area contributed by atoms with Gasteiger partial charge < -0.3 is 14.4 Å². The molecule has 0 spiro atoms. The number of H-pyrrole nitrogens is 2. The molecule has 1 amide bonds. The highest BCUT2D eigenvalue weighted by Crippen LogP contribution is 2.21. The van der Waals surface area contributed by atoms with Crippen LogP contribution in [0.5, 0.6) is 0 Å². The first-order valence-corrected chi connectivity index (χ1v) is 8.73. The van der Waals surface area contributed by atoms with E-state index in [9.17, 15) is 9.59 Å². The van der Waals surface area contributed by atoms with Crippen molar-refractivity contribution in [3.8, 4) is 0 Å². The van der Waals surface area contributed by atoms with Crippen molar-refractivity contribution >= 4 is 5.91 Å². The number of aromatic nitrogens is 3. The van der Waals surface area contributed by atoms with Gasteiger partial charge in [-0.1, -0.05) is 30.3 Å². The molecule has 1 aliphatic rings. The molecule has 2 N–H and O–H groups in total. The summed E-state index contributed by atoms with van der Waals surface area (Å²) < 4.78 is 5.87. The Bertz CT molecular complexity index is 955. The lowest BCUT2D eigenvalue weighted by atomic mass is 10.1. The van der Waals surface area contributed by atoms with Gasteiger partial charge in [0.05, 0.1) is 13.0 Å². The lowest BCUT2D eigenvalue weighted by molar-refractivity contribution is -0.131. The van der Waals surface area contributed by atoms with Gasteiger partial charge in [-0.3, -0.25) is 14.7 Å². The molecule has 1 aromatic carbocycles. The van der Waals surface area contributed by atoms with Crippen molar-refractivity contribution in [3.63, 3.8) is 0 Å². The summed E-state index contributed by atoms with van der Waals surface area (Å²) in [6.45, 7) is 1.02. The second kappa shape index (κ2) is 7.03. The first-order chi connectivity index (χ1) is 12.7. The molecule has 134 valence electrons. The van der Waals surface area contributed by atoms with Crippen molar-refractivity contribution in [2.45, 2.75) is 32.2 Å². The lowest BCUT2D eigenvalue weighted by Crippen LogP contribution is -2.37. The number of aryl methyl sites for hydroxylation is 2. The minimum atomic E-state index is -0.249. The van der Waals surface area contributed by atoms with E-state index in [1.54, 1.807) is 4.90 Å². The number of benzene rings is 1. The van der Waals surface area contributed by atoms with Crippen molar-refractivity contribution in [2.24, 2.45) is 0 Å². The van der Waals surface area contributed by atoms with Crippen molar-refractivity contribution in [3.05, 3.63) is 75.4 Å². The molecule has 7 nitrogen and oxygen atoms in total. The lowest BCUT2D eigenvalue weighted by Gasteiger charge is -2.25. The van der Waals surface area contributed by atoms with Crippen LogP contribution in [-0.4, -0.2) is 32.5 Å². The van der Waals surface area contributed by atoms with Gasteiger partial charge in [0.25, 0.3) is 5.56 Å². The number of hydrogen-bond acceptors (Lipinski definition) is 4. The van der Waals surface area contributed by atoms with Crippen LogP contribution < -0.4 is 5.56 Å². The number of amides is 1. The van der Waals surface area contributed by atoms with Gasteiger partial charge in [0, 0.05) is 31.1 Å². The van der Waals surface area contributed by atoms with Crippen LogP contribution in [0.1, 0.15) is 28.5 Å². The van der Waals surface area contributed by atoms with E-state index in [-0.39, 0.29) is 17.9 Å². The van der Waals surface area contributed by atoms with Gasteiger partial charge in [-0.15, -0.1) is 0 Å². The molecule has 0 bridgehead atoms. The first-order valence-electron chi connectivity index (χ1n) is 8.73. The predicted octanol–water partition coefficient (Wildman–Crippen LogP) is 1.60. The number of oxazole rings is 1. The third-order valence-electron chi connectivity index (χ3n) is 4.66. The fraction of sp³-hybridized carbons (Fsp3) is 0.316. The molecule has 26 heavy (non-hydrogen) atoms. The van der Waals surface area contributed by atoms with Crippen LogP contribution in [0.15, 0.2) is 45.7 Å². The number of hydrogen-bond donors (Lipinski definition) is 2. The molecule has 0 aliphatic carbocycles. The molecule has 4 rings (SSSR count). The van der Waals surface area contributed by atoms with E-state index in [1.807, 2.05) is 18.2 Å². The fourth-order valence-corrected chi connectivity index (χ4v) is 3.21. The highest BCUT2D eigenvalue weighted by Gasteiger charge is 2.25. The second-order valence-corrected chi connectivity index (χ2v) is 6.47. The Hall–Kier alpha value is -3.09. The summed E-state index contributed by atoms with van der Waals surface area (Å²) in [4.78, 5) is 30.3. The van der Waals surface area contributed by atoms with Gasteiger partial charge in [-0.05, 0) is 12.0 Å². The first kappa shape index (κ1) is 16.4. The maximum atomic E-state index is 12.4.